The van der Waals surface area contributed by atoms with E-state index in [0.29, 0.717) is 5.71 Å². The first-order valence-corrected chi connectivity index (χ1v) is 14.7. The minimum Gasteiger partial charge on any atom is -0.512 e. The largest absolute Gasteiger partial charge is 0.512 e. The average molecular weight is 780 g/mol. The van der Waals surface area contributed by atoms with Crippen LogP contribution in [0.3, 0.4) is 0 Å². The van der Waals surface area contributed by atoms with Gasteiger partial charge in [0.05, 0.1) is 11.3 Å². The number of furan rings is 2. The van der Waals surface area contributed by atoms with Crippen LogP contribution in [-0.2, 0) is 35.7 Å². The smallest absolute Gasteiger partial charge is 0.216 e. The maximum atomic E-state index is 10.0. The van der Waals surface area contributed by atoms with E-state index in [0.717, 1.165) is 55.6 Å². The number of aromatic nitrogens is 2. The SMILES string of the molecule is CC(=O)/C=C(/C)O.Cc1ccc2c(n1)oc1c(-c3cc4oc(-c5cc(C(C)(C)C)cc(C(C)(C)C)c5)cc4cn3)[c-]ccc12.[Ir]. The van der Waals surface area contributed by atoms with Crippen molar-refractivity contribution in [1.82, 2.24) is 9.97 Å². The normalized spacial score (nSPS) is 12.2. The van der Waals surface area contributed by atoms with Gasteiger partial charge in [-0.3, -0.25) is 4.79 Å². The number of carbonyl (C=O) groups is 1. The Hall–Kier alpha value is -4.06. The number of benzene rings is 2. The molecule has 0 unspecified atom stereocenters. The molecule has 0 saturated carbocycles. The Labute approximate surface area is 277 Å². The fourth-order valence-corrected chi connectivity index (χ4v) is 5.05. The van der Waals surface area contributed by atoms with Gasteiger partial charge in [0.2, 0.25) is 5.71 Å². The molecule has 235 valence electrons. The van der Waals surface area contributed by atoms with E-state index in [-0.39, 0.29) is 42.5 Å². The molecule has 0 fully saturated rings. The fraction of sp³-hybridized carbons (Fsp3) is 0.289. The van der Waals surface area contributed by atoms with E-state index in [2.05, 4.69) is 82.9 Å². The molecule has 6 nitrogen and oxygen atoms in total. The average Bonchev–Trinajstić information content (AvgIpc) is 3.52. The Balaban J connectivity index is 0.000000519. The van der Waals surface area contributed by atoms with Crippen molar-refractivity contribution in [3.05, 3.63) is 95.5 Å². The zero-order valence-electron chi connectivity index (χ0n) is 27.3. The molecular formula is C38H39IrN2O4-. The van der Waals surface area contributed by atoms with Gasteiger partial charge in [-0.15, -0.1) is 18.2 Å². The number of aliphatic hydroxyl groups excluding tert-OH is 1. The number of aliphatic hydroxyl groups is 1. The van der Waals surface area contributed by atoms with E-state index in [1.54, 1.807) is 0 Å². The summed E-state index contributed by atoms with van der Waals surface area (Å²) in [6, 6.07) is 22.2. The molecule has 0 amide bonds. The minimum absolute atomic E-state index is 0. The van der Waals surface area contributed by atoms with Crippen molar-refractivity contribution in [2.75, 3.05) is 0 Å². The van der Waals surface area contributed by atoms with Crippen LogP contribution in [0.2, 0.25) is 0 Å². The Morgan fingerprint density at radius 1 is 0.889 bits per heavy atom. The molecule has 0 saturated heterocycles. The summed E-state index contributed by atoms with van der Waals surface area (Å²) in [5.74, 6) is 0.781. The maximum absolute atomic E-state index is 10.0. The van der Waals surface area contributed by atoms with Gasteiger partial charge in [-0.05, 0) is 84.8 Å². The van der Waals surface area contributed by atoms with Crippen molar-refractivity contribution >= 4 is 38.8 Å². The third-order valence-electron chi connectivity index (χ3n) is 7.46. The van der Waals surface area contributed by atoms with Gasteiger partial charge in [-0.2, -0.15) is 0 Å². The van der Waals surface area contributed by atoms with Crippen LogP contribution in [0, 0.1) is 13.0 Å². The number of hydrogen-bond acceptors (Lipinski definition) is 6. The first-order valence-electron chi connectivity index (χ1n) is 14.7. The number of ketones is 1. The van der Waals surface area contributed by atoms with Gasteiger partial charge in [0.1, 0.15) is 11.3 Å². The minimum atomic E-state index is -0.125. The number of fused-ring (bicyclic) bond motifs is 4. The van der Waals surface area contributed by atoms with Crippen LogP contribution in [0.1, 0.15) is 72.2 Å². The van der Waals surface area contributed by atoms with Crippen LogP contribution in [0.15, 0.2) is 81.5 Å². The van der Waals surface area contributed by atoms with Crippen LogP contribution in [-0.4, -0.2) is 20.9 Å². The summed E-state index contributed by atoms with van der Waals surface area (Å²) < 4.78 is 12.6. The number of allylic oxidation sites excluding steroid dienone is 2. The van der Waals surface area contributed by atoms with E-state index in [1.165, 1.54) is 31.1 Å². The third kappa shape index (κ3) is 7.43. The second-order valence-electron chi connectivity index (χ2n) is 13.4. The Morgan fingerprint density at radius 3 is 2.13 bits per heavy atom. The van der Waals surface area contributed by atoms with Crippen LogP contribution in [0.4, 0.5) is 0 Å². The molecule has 0 atom stereocenters. The number of rotatable bonds is 3. The van der Waals surface area contributed by atoms with E-state index in [9.17, 15) is 4.79 Å². The number of pyridine rings is 2. The molecule has 7 heteroatoms. The summed E-state index contributed by atoms with van der Waals surface area (Å²) in [5.41, 5.74) is 8.38. The van der Waals surface area contributed by atoms with Crippen molar-refractivity contribution in [2.24, 2.45) is 0 Å². The zero-order chi connectivity index (χ0) is 32.0. The van der Waals surface area contributed by atoms with E-state index < -0.39 is 0 Å². The summed E-state index contributed by atoms with van der Waals surface area (Å²) in [5, 5.41) is 11.3. The molecule has 6 aromatic rings. The second kappa shape index (κ2) is 12.7. The molecule has 1 radical (unpaired) electrons. The molecule has 2 aromatic carbocycles. The molecule has 45 heavy (non-hydrogen) atoms. The van der Waals surface area contributed by atoms with Crippen molar-refractivity contribution in [2.45, 2.75) is 73.1 Å². The summed E-state index contributed by atoms with van der Waals surface area (Å²) in [4.78, 5) is 19.3. The number of nitrogens with zero attached hydrogens (tertiary/aromatic N) is 2. The molecule has 4 aromatic heterocycles. The summed E-state index contributed by atoms with van der Waals surface area (Å²) in [6.07, 6.45) is 3.04. The van der Waals surface area contributed by atoms with Gasteiger partial charge >= 0.3 is 0 Å². The second-order valence-corrected chi connectivity index (χ2v) is 13.4. The van der Waals surface area contributed by atoms with Crippen molar-refractivity contribution in [1.29, 1.82) is 0 Å². The fourth-order valence-electron chi connectivity index (χ4n) is 5.05. The van der Waals surface area contributed by atoms with Gasteiger partial charge in [0.25, 0.3) is 0 Å². The van der Waals surface area contributed by atoms with E-state index in [1.807, 2.05) is 37.4 Å². The van der Waals surface area contributed by atoms with Crippen molar-refractivity contribution in [3.8, 4) is 22.6 Å². The molecule has 1 N–H and O–H groups in total. The molecule has 0 aliphatic carbocycles. The van der Waals surface area contributed by atoms with Crippen LogP contribution < -0.4 is 0 Å². The Morgan fingerprint density at radius 2 is 1.56 bits per heavy atom. The molecular weight excluding hydrogens is 741 g/mol. The van der Waals surface area contributed by atoms with Gasteiger partial charge in [0, 0.05) is 54.4 Å². The Kier molecular flexibility index (Phi) is 9.58. The van der Waals surface area contributed by atoms with Gasteiger partial charge in [-0.25, -0.2) is 4.98 Å². The molecule has 0 spiro atoms. The quantitative estimate of drug-likeness (QED) is 0.109. The first kappa shape index (κ1) is 33.8. The van der Waals surface area contributed by atoms with Gasteiger partial charge in [0.15, 0.2) is 5.78 Å². The standard InChI is InChI=1S/C33H31N2O2.C5H8O2.Ir/c1-19-11-12-25-24-9-8-10-26(30(24)37-31(25)35-19)27-17-29-21(18-34-27)15-28(36-29)20-13-22(32(2,3)4)16-23(14-20)33(5,6)7;1-4(6)3-5(2)7;/h8-9,11-18H,1-7H3;3,6H,1-2H3;/q-1;;/b;4-3-;. The first-order chi connectivity index (χ1) is 20.6. The van der Waals surface area contributed by atoms with Crippen molar-refractivity contribution < 1.29 is 38.8 Å². The molecule has 4 heterocycles. The van der Waals surface area contributed by atoms with Gasteiger partial charge in [-0.1, -0.05) is 58.6 Å². The summed E-state index contributed by atoms with van der Waals surface area (Å²) >= 11 is 0. The predicted molar refractivity (Wildman–Crippen MR) is 178 cm³/mol. The third-order valence-corrected chi connectivity index (χ3v) is 7.46. The predicted octanol–water partition coefficient (Wildman–Crippen LogP) is 10.2. The summed E-state index contributed by atoms with van der Waals surface area (Å²) in [7, 11) is 0. The topological polar surface area (TPSA) is 89.4 Å². The maximum Gasteiger partial charge on any atom is 0.216 e. The summed E-state index contributed by atoms with van der Waals surface area (Å²) in [6.45, 7) is 18.3. The number of aryl methyl sites for hydroxylation is 1. The number of carbonyl (C=O) groups excluding carboxylic acids is 1. The van der Waals surface area contributed by atoms with E-state index in [4.69, 9.17) is 18.9 Å². The monoisotopic (exact) mass is 780 g/mol. The zero-order valence-corrected chi connectivity index (χ0v) is 29.6. The number of hydrogen-bond donors (Lipinski definition) is 1. The van der Waals surface area contributed by atoms with Crippen LogP contribution in [0.5, 0.6) is 0 Å². The van der Waals surface area contributed by atoms with Crippen LogP contribution in [0.25, 0.3) is 55.6 Å². The molecule has 0 bridgehead atoms. The van der Waals surface area contributed by atoms with Gasteiger partial charge < -0.3 is 18.9 Å². The molecule has 0 aliphatic rings. The van der Waals surface area contributed by atoms with Crippen molar-refractivity contribution in [3.63, 3.8) is 0 Å². The van der Waals surface area contributed by atoms with Crippen LogP contribution >= 0.6 is 0 Å². The molecule has 6 rings (SSSR count). The Bertz CT molecular complexity index is 2020. The van der Waals surface area contributed by atoms with E-state index >= 15 is 0 Å². The molecule has 0 aliphatic heterocycles.